The van der Waals surface area contributed by atoms with Crippen LogP contribution in [0.15, 0.2) is 22.7 Å². The molecule has 0 fully saturated rings. The quantitative estimate of drug-likeness (QED) is 0.801. The number of nitrogens with two attached hydrogens (primary N) is 1. The summed E-state index contributed by atoms with van der Waals surface area (Å²) in [6.07, 6.45) is 0.193. The zero-order chi connectivity index (χ0) is 9.14. The number of halogens is 1. The predicted molar refractivity (Wildman–Crippen MR) is 48.7 cm³/mol. The van der Waals surface area contributed by atoms with Crippen molar-refractivity contribution in [2.45, 2.75) is 6.42 Å². The van der Waals surface area contributed by atoms with Gasteiger partial charge in [0.2, 0.25) is 5.91 Å². The molecule has 0 aliphatic carbocycles. The Kier molecular flexibility index (Phi) is 2.70. The van der Waals surface area contributed by atoms with Crippen LogP contribution in [0.4, 0.5) is 0 Å². The number of aromatic hydroxyl groups is 1. The molecule has 12 heavy (non-hydrogen) atoms. The van der Waals surface area contributed by atoms with Gasteiger partial charge >= 0.3 is 0 Å². The topological polar surface area (TPSA) is 63.3 Å². The van der Waals surface area contributed by atoms with E-state index in [1.807, 2.05) is 0 Å². The second-order valence-corrected chi connectivity index (χ2v) is 3.28. The Morgan fingerprint density at radius 2 is 2.25 bits per heavy atom. The molecule has 0 bridgehead atoms. The van der Waals surface area contributed by atoms with Crippen molar-refractivity contribution >= 4 is 21.8 Å². The van der Waals surface area contributed by atoms with Gasteiger partial charge in [-0.05, 0) is 33.6 Å². The molecule has 0 heterocycles. The van der Waals surface area contributed by atoms with E-state index in [0.29, 0.717) is 4.47 Å². The van der Waals surface area contributed by atoms with E-state index in [9.17, 15) is 4.79 Å². The first-order valence-electron chi connectivity index (χ1n) is 3.35. The van der Waals surface area contributed by atoms with Crippen LogP contribution in [0.5, 0.6) is 5.75 Å². The van der Waals surface area contributed by atoms with Crippen molar-refractivity contribution in [3.63, 3.8) is 0 Å². The third-order valence-electron chi connectivity index (χ3n) is 1.39. The van der Waals surface area contributed by atoms with Crippen molar-refractivity contribution in [3.05, 3.63) is 28.2 Å². The molecule has 0 aliphatic heterocycles. The molecule has 64 valence electrons. The van der Waals surface area contributed by atoms with Gasteiger partial charge in [0.1, 0.15) is 5.75 Å². The lowest BCUT2D eigenvalue weighted by Crippen LogP contribution is -2.13. The third-order valence-corrected chi connectivity index (χ3v) is 2.03. The van der Waals surface area contributed by atoms with Gasteiger partial charge in [-0.3, -0.25) is 4.79 Å². The van der Waals surface area contributed by atoms with Crippen molar-refractivity contribution in [2.75, 3.05) is 0 Å². The minimum absolute atomic E-state index is 0.156. The van der Waals surface area contributed by atoms with E-state index in [4.69, 9.17) is 10.8 Å². The monoisotopic (exact) mass is 229 g/mol. The Morgan fingerprint density at radius 3 is 2.75 bits per heavy atom. The van der Waals surface area contributed by atoms with Crippen LogP contribution in [0.1, 0.15) is 5.56 Å². The SMILES string of the molecule is NC(=O)Cc1ccc(O)c(Br)c1. The first-order valence-corrected chi connectivity index (χ1v) is 4.14. The molecule has 1 aromatic carbocycles. The van der Waals surface area contributed by atoms with Crippen molar-refractivity contribution in [1.82, 2.24) is 0 Å². The average Bonchev–Trinajstić information content (AvgIpc) is 1.96. The van der Waals surface area contributed by atoms with E-state index in [1.165, 1.54) is 6.07 Å². The van der Waals surface area contributed by atoms with Crippen LogP contribution in [-0.4, -0.2) is 11.0 Å². The van der Waals surface area contributed by atoms with Gasteiger partial charge < -0.3 is 10.8 Å². The van der Waals surface area contributed by atoms with Crippen molar-refractivity contribution < 1.29 is 9.90 Å². The van der Waals surface area contributed by atoms with Gasteiger partial charge in [-0.25, -0.2) is 0 Å². The van der Waals surface area contributed by atoms with Gasteiger partial charge in [0.05, 0.1) is 10.9 Å². The molecule has 3 nitrogen and oxygen atoms in total. The summed E-state index contributed by atoms with van der Waals surface area (Å²) >= 11 is 3.13. The smallest absolute Gasteiger partial charge is 0.221 e. The normalized spacial score (nSPS) is 9.75. The fourth-order valence-corrected chi connectivity index (χ4v) is 1.29. The fraction of sp³-hybridized carbons (Fsp3) is 0.125. The zero-order valence-corrected chi connectivity index (χ0v) is 7.84. The fourth-order valence-electron chi connectivity index (χ4n) is 0.862. The van der Waals surface area contributed by atoms with E-state index in [0.717, 1.165) is 5.56 Å². The number of carbonyl (C=O) groups excluding carboxylic acids is 1. The highest BCUT2D eigenvalue weighted by Crippen LogP contribution is 2.24. The summed E-state index contributed by atoms with van der Waals surface area (Å²) in [7, 11) is 0. The lowest BCUT2D eigenvalue weighted by atomic mass is 10.1. The van der Waals surface area contributed by atoms with E-state index >= 15 is 0 Å². The maximum Gasteiger partial charge on any atom is 0.221 e. The molecule has 3 N–H and O–H groups in total. The highest BCUT2D eigenvalue weighted by atomic mass is 79.9. The number of carbonyl (C=O) groups is 1. The average molecular weight is 230 g/mol. The molecule has 0 unspecified atom stereocenters. The lowest BCUT2D eigenvalue weighted by Gasteiger charge is -2.00. The molecule has 0 spiro atoms. The summed E-state index contributed by atoms with van der Waals surface area (Å²) in [6.45, 7) is 0. The predicted octanol–water partition coefficient (Wildman–Crippen LogP) is 1.18. The van der Waals surface area contributed by atoms with Crippen LogP contribution < -0.4 is 5.73 Å². The van der Waals surface area contributed by atoms with Crippen molar-refractivity contribution in [3.8, 4) is 5.75 Å². The number of amides is 1. The van der Waals surface area contributed by atoms with E-state index < -0.39 is 0 Å². The summed E-state index contributed by atoms with van der Waals surface area (Å²) in [4.78, 5) is 10.5. The molecule has 0 saturated carbocycles. The Balaban J connectivity index is 2.89. The number of hydrogen-bond acceptors (Lipinski definition) is 2. The van der Waals surface area contributed by atoms with Gasteiger partial charge in [0.25, 0.3) is 0 Å². The van der Waals surface area contributed by atoms with Crippen LogP contribution >= 0.6 is 15.9 Å². The third kappa shape index (κ3) is 2.23. The van der Waals surface area contributed by atoms with Crippen LogP contribution in [0.2, 0.25) is 0 Å². The molecular weight excluding hydrogens is 222 g/mol. The van der Waals surface area contributed by atoms with Crippen molar-refractivity contribution in [1.29, 1.82) is 0 Å². The molecule has 0 radical (unpaired) electrons. The molecule has 0 aliphatic rings. The van der Waals surface area contributed by atoms with Crippen LogP contribution in [0.3, 0.4) is 0 Å². The highest BCUT2D eigenvalue weighted by molar-refractivity contribution is 9.10. The Bertz CT molecular complexity index is 312. The van der Waals surface area contributed by atoms with Gasteiger partial charge in [-0.15, -0.1) is 0 Å². The number of phenols is 1. The summed E-state index contributed by atoms with van der Waals surface area (Å²) in [5.74, 6) is -0.226. The molecule has 0 atom stereocenters. The number of rotatable bonds is 2. The Hall–Kier alpha value is -1.03. The van der Waals surface area contributed by atoms with E-state index in [1.54, 1.807) is 12.1 Å². The number of benzene rings is 1. The van der Waals surface area contributed by atoms with E-state index in [2.05, 4.69) is 15.9 Å². The molecule has 1 aromatic rings. The van der Waals surface area contributed by atoms with Gasteiger partial charge in [0, 0.05) is 0 Å². The number of primary amides is 1. The van der Waals surface area contributed by atoms with Crippen molar-refractivity contribution in [2.24, 2.45) is 5.73 Å². The zero-order valence-electron chi connectivity index (χ0n) is 6.25. The van der Waals surface area contributed by atoms with Gasteiger partial charge in [-0.2, -0.15) is 0 Å². The molecule has 1 amide bonds. The van der Waals surface area contributed by atoms with Crippen LogP contribution in [0.25, 0.3) is 0 Å². The minimum Gasteiger partial charge on any atom is -0.507 e. The first-order chi connectivity index (χ1) is 5.59. The van der Waals surface area contributed by atoms with Gasteiger partial charge in [-0.1, -0.05) is 6.07 Å². The summed E-state index contributed by atoms with van der Waals surface area (Å²) < 4.78 is 0.571. The summed E-state index contributed by atoms with van der Waals surface area (Å²) in [5, 5.41) is 9.11. The number of phenolic OH excluding ortho intramolecular Hbond substituents is 1. The lowest BCUT2D eigenvalue weighted by molar-refractivity contribution is -0.117. The largest absolute Gasteiger partial charge is 0.507 e. The maximum absolute atomic E-state index is 10.5. The molecular formula is C8H8BrNO2. The minimum atomic E-state index is -0.382. The molecule has 1 rings (SSSR count). The Labute approximate surface area is 78.3 Å². The van der Waals surface area contributed by atoms with Crippen LogP contribution in [0, 0.1) is 0 Å². The summed E-state index contributed by atoms with van der Waals surface area (Å²) in [6, 6.07) is 4.84. The summed E-state index contributed by atoms with van der Waals surface area (Å²) in [5.41, 5.74) is 5.78. The van der Waals surface area contributed by atoms with Crippen LogP contribution in [-0.2, 0) is 11.2 Å². The Morgan fingerprint density at radius 1 is 1.58 bits per heavy atom. The standard InChI is InChI=1S/C8H8BrNO2/c9-6-3-5(4-8(10)12)1-2-7(6)11/h1-3,11H,4H2,(H2,10,12). The van der Waals surface area contributed by atoms with E-state index in [-0.39, 0.29) is 18.1 Å². The second-order valence-electron chi connectivity index (χ2n) is 2.43. The molecule has 0 aromatic heterocycles. The second kappa shape index (κ2) is 3.58. The van der Waals surface area contributed by atoms with Gasteiger partial charge in [0.15, 0.2) is 0 Å². The number of hydrogen-bond donors (Lipinski definition) is 2. The molecule has 0 saturated heterocycles. The first kappa shape index (κ1) is 9.06. The highest BCUT2D eigenvalue weighted by Gasteiger charge is 2.01. The molecule has 4 heteroatoms. The maximum atomic E-state index is 10.5.